The summed E-state index contributed by atoms with van der Waals surface area (Å²) >= 11 is 0. The van der Waals surface area contributed by atoms with Crippen molar-refractivity contribution in [3.05, 3.63) is 0 Å². The zero-order chi connectivity index (χ0) is 13.8. The van der Waals surface area contributed by atoms with E-state index in [2.05, 4.69) is 19.2 Å². The van der Waals surface area contributed by atoms with Gasteiger partial charge in [0.25, 0.3) is 0 Å². The van der Waals surface area contributed by atoms with Crippen molar-refractivity contribution in [3.8, 4) is 0 Å². The zero-order valence-corrected chi connectivity index (χ0v) is 12.1. The van der Waals surface area contributed by atoms with Crippen LogP contribution in [-0.2, 0) is 10.2 Å². The van der Waals surface area contributed by atoms with Crippen molar-refractivity contribution in [2.75, 3.05) is 19.6 Å². The Hall–Kier alpha value is -0.820. The fourth-order valence-electron chi connectivity index (χ4n) is 1.79. The fraction of sp³-hybridized carbons (Fsp3) is 0.909. The lowest BCUT2D eigenvalue weighted by molar-refractivity contribution is 0.194. The van der Waals surface area contributed by atoms with Gasteiger partial charge in [0.2, 0.25) is 0 Å². The number of piperidine rings is 1. The van der Waals surface area contributed by atoms with Gasteiger partial charge in [0, 0.05) is 19.6 Å². The van der Waals surface area contributed by atoms with Crippen molar-refractivity contribution in [3.63, 3.8) is 0 Å². The van der Waals surface area contributed by atoms with Crippen LogP contribution in [0.15, 0.2) is 0 Å². The maximum atomic E-state index is 11.9. The molecule has 0 spiro atoms. The van der Waals surface area contributed by atoms with Gasteiger partial charge in [0.05, 0.1) is 0 Å². The molecule has 0 saturated carbocycles. The first-order valence-electron chi connectivity index (χ1n) is 6.32. The number of amides is 2. The van der Waals surface area contributed by atoms with Crippen molar-refractivity contribution in [2.45, 2.75) is 40.0 Å². The Morgan fingerprint density at radius 3 is 2.33 bits per heavy atom. The SMILES string of the molecule is CCCNC(=O)NS(=O)(=O)N1CCC(C)(C)CC1. The van der Waals surface area contributed by atoms with Crippen LogP contribution in [0.3, 0.4) is 0 Å². The molecule has 1 aliphatic rings. The highest BCUT2D eigenvalue weighted by Gasteiger charge is 2.32. The number of urea groups is 1. The smallest absolute Gasteiger partial charge is 0.329 e. The number of nitrogens with zero attached hydrogens (tertiary/aromatic N) is 1. The molecule has 1 rings (SSSR count). The van der Waals surface area contributed by atoms with Crippen LogP contribution < -0.4 is 10.0 Å². The number of hydrogen-bond acceptors (Lipinski definition) is 3. The van der Waals surface area contributed by atoms with Gasteiger partial charge in [-0.05, 0) is 24.7 Å². The lowest BCUT2D eigenvalue weighted by Crippen LogP contribution is -2.50. The summed E-state index contributed by atoms with van der Waals surface area (Å²) in [5.74, 6) is 0. The summed E-state index contributed by atoms with van der Waals surface area (Å²) < 4.78 is 27.2. The Kier molecular flexibility index (Phi) is 4.98. The topological polar surface area (TPSA) is 78.5 Å². The molecule has 0 aromatic rings. The molecule has 6 nitrogen and oxygen atoms in total. The minimum Gasteiger partial charge on any atom is -0.337 e. The van der Waals surface area contributed by atoms with Gasteiger partial charge in [0.1, 0.15) is 0 Å². The Balaban J connectivity index is 2.52. The van der Waals surface area contributed by atoms with Crippen molar-refractivity contribution < 1.29 is 13.2 Å². The molecular weight excluding hydrogens is 254 g/mol. The molecule has 0 aromatic heterocycles. The predicted octanol–water partition coefficient (Wildman–Crippen LogP) is 1.06. The van der Waals surface area contributed by atoms with Crippen LogP contribution in [0.5, 0.6) is 0 Å². The third-order valence-electron chi connectivity index (χ3n) is 3.17. The van der Waals surface area contributed by atoms with Crippen LogP contribution in [0.4, 0.5) is 4.79 Å². The molecule has 0 aliphatic carbocycles. The first-order valence-corrected chi connectivity index (χ1v) is 7.76. The normalized spacial score (nSPS) is 20.4. The Morgan fingerprint density at radius 1 is 1.28 bits per heavy atom. The molecule has 0 atom stereocenters. The minimum atomic E-state index is -3.69. The molecule has 1 aliphatic heterocycles. The van der Waals surface area contributed by atoms with E-state index in [0.717, 1.165) is 19.3 Å². The molecule has 0 aromatic carbocycles. The summed E-state index contributed by atoms with van der Waals surface area (Å²) in [6, 6.07) is -0.651. The largest absolute Gasteiger partial charge is 0.337 e. The molecule has 0 radical (unpaired) electrons. The summed E-state index contributed by atoms with van der Waals surface area (Å²) in [5.41, 5.74) is 0.177. The second-order valence-electron chi connectivity index (χ2n) is 5.43. The second-order valence-corrected chi connectivity index (χ2v) is 7.10. The van der Waals surface area contributed by atoms with Gasteiger partial charge in [-0.15, -0.1) is 0 Å². The Morgan fingerprint density at radius 2 is 1.83 bits per heavy atom. The highest BCUT2D eigenvalue weighted by Crippen LogP contribution is 2.30. The third kappa shape index (κ3) is 4.45. The van der Waals surface area contributed by atoms with Gasteiger partial charge >= 0.3 is 16.2 Å². The lowest BCUT2D eigenvalue weighted by Gasteiger charge is -2.35. The molecule has 106 valence electrons. The van der Waals surface area contributed by atoms with E-state index in [9.17, 15) is 13.2 Å². The highest BCUT2D eigenvalue weighted by atomic mass is 32.2. The summed E-state index contributed by atoms with van der Waals surface area (Å²) in [7, 11) is -3.69. The van der Waals surface area contributed by atoms with E-state index in [1.165, 1.54) is 4.31 Å². The predicted molar refractivity (Wildman–Crippen MR) is 70.3 cm³/mol. The van der Waals surface area contributed by atoms with Crippen molar-refractivity contribution in [2.24, 2.45) is 5.41 Å². The van der Waals surface area contributed by atoms with Gasteiger partial charge in [-0.3, -0.25) is 0 Å². The minimum absolute atomic E-state index is 0.177. The van der Waals surface area contributed by atoms with Crippen LogP contribution >= 0.6 is 0 Å². The number of hydrogen-bond donors (Lipinski definition) is 2. The van der Waals surface area contributed by atoms with E-state index >= 15 is 0 Å². The van der Waals surface area contributed by atoms with Crippen LogP contribution in [0.2, 0.25) is 0 Å². The molecule has 1 fully saturated rings. The summed E-state index contributed by atoms with van der Waals surface area (Å²) in [6.45, 7) is 7.54. The van der Waals surface area contributed by atoms with Crippen molar-refractivity contribution >= 4 is 16.2 Å². The van der Waals surface area contributed by atoms with Crippen LogP contribution in [0, 0.1) is 5.41 Å². The lowest BCUT2D eigenvalue weighted by atomic mass is 9.83. The van der Waals surface area contributed by atoms with E-state index in [1.54, 1.807) is 0 Å². The molecular formula is C11H23N3O3S. The number of carbonyl (C=O) groups is 1. The maximum absolute atomic E-state index is 11.9. The number of carbonyl (C=O) groups excluding carboxylic acids is 1. The molecule has 18 heavy (non-hydrogen) atoms. The summed E-state index contributed by atoms with van der Waals surface area (Å²) in [4.78, 5) is 11.4. The van der Waals surface area contributed by atoms with E-state index in [0.29, 0.717) is 19.6 Å². The maximum Gasteiger partial charge on any atom is 0.329 e. The molecule has 0 unspecified atom stereocenters. The van der Waals surface area contributed by atoms with Gasteiger partial charge in [-0.2, -0.15) is 12.7 Å². The van der Waals surface area contributed by atoms with Gasteiger partial charge < -0.3 is 5.32 Å². The molecule has 0 bridgehead atoms. The van der Waals surface area contributed by atoms with Crippen LogP contribution in [0.1, 0.15) is 40.0 Å². The monoisotopic (exact) mass is 277 g/mol. The molecule has 2 amide bonds. The zero-order valence-electron chi connectivity index (χ0n) is 11.3. The standard InChI is InChI=1S/C11H23N3O3S/c1-4-7-12-10(15)13-18(16,17)14-8-5-11(2,3)6-9-14/h4-9H2,1-3H3,(H2,12,13,15). The summed E-state index contributed by atoms with van der Waals surface area (Å²) in [5, 5.41) is 2.49. The molecule has 1 heterocycles. The fourth-order valence-corrected chi connectivity index (χ4v) is 2.89. The van der Waals surface area contributed by atoms with Crippen LogP contribution in [-0.4, -0.2) is 38.4 Å². The Labute approximate surface area is 109 Å². The van der Waals surface area contributed by atoms with Crippen molar-refractivity contribution in [1.82, 2.24) is 14.3 Å². The van der Waals surface area contributed by atoms with E-state index < -0.39 is 16.2 Å². The first kappa shape index (κ1) is 15.2. The quantitative estimate of drug-likeness (QED) is 0.806. The van der Waals surface area contributed by atoms with Gasteiger partial charge in [-0.1, -0.05) is 20.8 Å². The average molecular weight is 277 g/mol. The van der Waals surface area contributed by atoms with Gasteiger partial charge in [-0.25, -0.2) is 9.52 Å². The average Bonchev–Trinajstić information content (AvgIpc) is 2.25. The second kappa shape index (κ2) is 5.88. The van der Waals surface area contributed by atoms with Crippen molar-refractivity contribution in [1.29, 1.82) is 0 Å². The Bertz CT molecular complexity index is 382. The van der Waals surface area contributed by atoms with E-state index in [4.69, 9.17) is 0 Å². The van der Waals surface area contributed by atoms with Crippen LogP contribution in [0.25, 0.3) is 0 Å². The molecule has 7 heteroatoms. The number of nitrogens with one attached hydrogen (secondary N) is 2. The highest BCUT2D eigenvalue weighted by molar-refractivity contribution is 7.87. The van der Waals surface area contributed by atoms with E-state index in [1.807, 2.05) is 11.6 Å². The first-order chi connectivity index (χ1) is 8.27. The van der Waals surface area contributed by atoms with Gasteiger partial charge in [0.15, 0.2) is 0 Å². The molecule has 2 N–H and O–H groups in total. The summed E-state index contributed by atoms with van der Waals surface area (Å²) in [6.07, 6.45) is 2.39. The van der Waals surface area contributed by atoms with E-state index in [-0.39, 0.29) is 5.41 Å². The molecule has 1 saturated heterocycles. The number of rotatable bonds is 4. The third-order valence-corrected chi connectivity index (χ3v) is 4.66.